The van der Waals surface area contributed by atoms with Gasteiger partial charge in [-0.05, 0) is 97.9 Å². The van der Waals surface area contributed by atoms with E-state index in [0.29, 0.717) is 24.9 Å². The molecule has 0 saturated carbocycles. The van der Waals surface area contributed by atoms with Crippen LogP contribution < -0.4 is 16.1 Å². The molecule has 13 nitrogen and oxygen atoms in total. The zero-order valence-electron chi connectivity index (χ0n) is 30.9. The molecule has 2 heterocycles. The zero-order chi connectivity index (χ0) is 37.4. The Bertz CT molecular complexity index is 1580. The van der Waals surface area contributed by atoms with Crippen LogP contribution in [0, 0.1) is 5.92 Å². The fraction of sp³-hybridized carbons (Fsp3) is 0.568. The van der Waals surface area contributed by atoms with E-state index in [4.69, 9.17) is 14.2 Å². The van der Waals surface area contributed by atoms with Gasteiger partial charge in [0, 0.05) is 23.7 Å². The van der Waals surface area contributed by atoms with Gasteiger partial charge in [0.25, 0.3) is 5.91 Å². The van der Waals surface area contributed by atoms with Gasteiger partial charge in [-0.2, -0.15) is 0 Å². The Labute approximate surface area is 294 Å². The molecule has 3 rings (SSSR count). The van der Waals surface area contributed by atoms with Crippen LogP contribution in [0.2, 0.25) is 0 Å². The van der Waals surface area contributed by atoms with Crippen LogP contribution in [0.15, 0.2) is 36.5 Å². The molecule has 0 aliphatic carbocycles. The molecule has 13 heteroatoms. The minimum Gasteiger partial charge on any atom is -0.460 e. The number of pyridine rings is 1. The van der Waals surface area contributed by atoms with Crippen LogP contribution in [0.4, 0.5) is 4.79 Å². The maximum Gasteiger partial charge on any atom is 0.408 e. The summed E-state index contributed by atoms with van der Waals surface area (Å²) in [5.41, 5.74) is 4.03. The van der Waals surface area contributed by atoms with Crippen LogP contribution in [-0.2, 0) is 33.4 Å². The van der Waals surface area contributed by atoms with Crippen molar-refractivity contribution < 1.29 is 38.2 Å². The Kier molecular flexibility index (Phi) is 13.5. The van der Waals surface area contributed by atoms with E-state index in [-0.39, 0.29) is 18.3 Å². The first-order valence-electron chi connectivity index (χ1n) is 17.1. The summed E-state index contributed by atoms with van der Waals surface area (Å²) in [4.78, 5) is 68.4. The number of fused-ring (bicyclic) bond motifs is 1. The Balaban J connectivity index is 1.59. The molecule has 3 amide bonds. The van der Waals surface area contributed by atoms with Crippen molar-refractivity contribution in [2.75, 3.05) is 6.54 Å². The molecule has 1 aliphatic heterocycles. The van der Waals surface area contributed by atoms with Crippen molar-refractivity contribution >= 4 is 46.8 Å². The second-order valence-electron chi connectivity index (χ2n) is 14.9. The highest BCUT2D eigenvalue weighted by molar-refractivity contribution is 5.91. The topological polar surface area (TPSA) is 165 Å². The van der Waals surface area contributed by atoms with Gasteiger partial charge < -0.3 is 24.8 Å². The van der Waals surface area contributed by atoms with Crippen LogP contribution in [-0.4, -0.2) is 75.7 Å². The number of nitrogens with one attached hydrogen (secondary N) is 3. The number of amides is 3. The van der Waals surface area contributed by atoms with Gasteiger partial charge in [-0.1, -0.05) is 32.1 Å². The first-order chi connectivity index (χ1) is 23.2. The summed E-state index contributed by atoms with van der Waals surface area (Å²) in [6.07, 6.45) is 5.06. The number of carbonyl (C=O) groups excluding carboxylic acids is 5. The van der Waals surface area contributed by atoms with E-state index in [1.54, 1.807) is 60.7 Å². The number of carbonyl (C=O) groups is 5. The number of hydrogen-bond donors (Lipinski definition) is 3. The van der Waals surface area contributed by atoms with E-state index in [1.165, 1.54) is 5.01 Å². The standard InChI is InChI=1S/C37H53N5O8/c1-22(2)31(40-35(47)50-37(8,9)10)32(44)39-23(3)33(45)42-18-12-14-29(41-42)34(46)48-24(4)27-20-26-19-25(16-17-28(26)38-21-27)13-11-15-30(43)49-36(5,6)7/h11,13,16-17,19-24,29,31,41H,12,14-15,18H2,1-10H3,(H,39,44)(H,40,47)/b13-11+/t23-,24+,29-,31?/m0/s1. The summed E-state index contributed by atoms with van der Waals surface area (Å²) in [6, 6.07) is 5.00. The number of hydrogen-bond acceptors (Lipinski definition) is 10. The lowest BCUT2D eigenvalue weighted by Crippen LogP contribution is -2.61. The van der Waals surface area contributed by atoms with E-state index < -0.39 is 59.3 Å². The lowest BCUT2D eigenvalue weighted by Gasteiger charge is -2.35. The van der Waals surface area contributed by atoms with Crippen LogP contribution in [0.5, 0.6) is 0 Å². The monoisotopic (exact) mass is 695 g/mol. The molecule has 3 N–H and O–H groups in total. The molecule has 1 saturated heterocycles. The minimum absolute atomic E-state index is 0.151. The molecule has 2 aromatic rings. The van der Waals surface area contributed by atoms with E-state index in [9.17, 15) is 24.0 Å². The van der Waals surface area contributed by atoms with E-state index >= 15 is 0 Å². The molecule has 50 heavy (non-hydrogen) atoms. The molecule has 1 unspecified atom stereocenters. The van der Waals surface area contributed by atoms with Crippen LogP contribution in [0.1, 0.15) is 106 Å². The largest absolute Gasteiger partial charge is 0.460 e. The third-order valence-electron chi connectivity index (χ3n) is 7.59. The van der Waals surface area contributed by atoms with Crippen LogP contribution in [0.3, 0.4) is 0 Å². The van der Waals surface area contributed by atoms with E-state index in [0.717, 1.165) is 16.5 Å². The third-order valence-corrected chi connectivity index (χ3v) is 7.59. The summed E-state index contributed by atoms with van der Waals surface area (Å²) in [5, 5.41) is 7.43. The smallest absolute Gasteiger partial charge is 0.408 e. The lowest BCUT2D eigenvalue weighted by molar-refractivity contribution is -0.157. The van der Waals surface area contributed by atoms with Gasteiger partial charge in [0.2, 0.25) is 5.91 Å². The second-order valence-corrected chi connectivity index (χ2v) is 14.9. The quantitative estimate of drug-likeness (QED) is 0.212. The predicted octanol–water partition coefficient (Wildman–Crippen LogP) is 5.13. The molecular weight excluding hydrogens is 642 g/mol. The Morgan fingerprint density at radius 2 is 1.66 bits per heavy atom. The maximum atomic E-state index is 13.3. The van der Waals surface area contributed by atoms with Gasteiger partial charge in [0.05, 0.1) is 11.9 Å². The summed E-state index contributed by atoms with van der Waals surface area (Å²) in [6.45, 7) is 17.8. The number of esters is 2. The molecule has 1 aromatic heterocycles. The van der Waals surface area contributed by atoms with Crippen molar-refractivity contribution in [1.29, 1.82) is 0 Å². The molecule has 1 fully saturated rings. The summed E-state index contributed by atoms with van der Waals surface area (Å²) < 4.78 is 16.4. The summed E-state index contributed by atoms with van der Waals surface area (Å²) >= 11 is 0. The number of hydrazine groups is 1. The Morgan fingerprint density at radius 1 is 0.980 bits per heavy atom. The maximum absolute atomic E-state index is 13.3. The normalized spacial score (nSPS) is 17.2. The van der Waals surface area contributed by atoms with Gasteiger partial charge in [-0.3, -0.25) is 29.2 Å². The van der Waals surface area contributed by atoms with Crippen molar-refractivity contribution in [3.05, 3.63) is 47.7 Å². The van der Waals surface area contributed by atoms with Gasteiger partial charge in [0.15, 0.2) is 0 Å². The van der Waals surface area contributed by atoms with Gasteiger partial charge in [-0.15, -0.1) is 0 Å². The average Bonchev–Trinajstić information content (AvgIpc) is 3.01. The molecule has 0 radical (unpaired) electrons. The molecule has 0 bridgehead atoms. The lowest BCUT2D eigenvalue weighted by atomic mass is 10.0. The Hall–Kier alpha value is -4.52. The predicted molar refractivity (Wildman–Crippen MR) is 189 cm³/mol. The fourth-order valence-corrected chi connectivity index (χ4v) is 5.18. The number of nitrogens with zero attached hydrogens (tertiary/aromatic N) is 2. The molecule has 274 valence electrons. The fourth-order valence-electron chi connectivity index (χ4n) is 5.18. The third kappa shape index (κ3) is 12.4. The molecule has 4 atom stereocenters. The van der Waals surface area contributed by atoms with Crippen molar-refractivity contribution in [3.8, 4) is 0 Å². The Morgan fingerprint density at radius 3 is 2.30 bits per heavy atom. The molecule has 0 spiro atoms. The SMILES string of the molecule is CC(C)C(NC(=O)OC(C)(C)C)C(=O)N[C@@H](C)C(=O)N1CCC[C@@H](C(=O)O[C@H](C)c2cnc3ccc(/C=C/CC(=O)OC(C)(C)C)cc3c2)N1. The van der Waals surface area contributed by atoms with Gasteiger partial charge in [-0.25, -0.2) is 10.2 Å². The van der Waals surface area contributed by atoms with Crippen LogP contribution >= 0.6 is 0 Å². The highest BCUT2D eigenvalue weighted by atomic mass is 16.6. The van der Waals surface area contributed by atoms with Crippen LogP contribution in [0.25, 0.3) is 17.0 Å². The zero-order valence-corrected chi connectivity index (χ0v) is 30.9. The van der Waals surface area contributed by atoms with Crippen molar-refractivity contribution in [2.45, 2.75) is 124 Å². The number of aromatic nitrogens is 1. The number of ether oxygens (including phenoxy) is 3. The highest BCUT2D eigenvalue weighted by Crippen LogP contribution is 2.24. The molecular formula is C37H53N5O8. The van der Waals surface area contributed by atoms with Crippen molar-refractivity contribution in [3.63, 3.8) is 0 Å². The molecule has 1 aliphatic rings. The number of benzene rings is 1. The van der Waals surface area contributed by atoms with E-state index in [1.807, 2.05) is 51.1 Å². The number of rotatable bonds is 11. The van der Waals surface area contributed by atoms with E-state index in [2.05, 4.69) is 21.0 Å². The molecule has 1 aromatic carbocycles. The van der Waals surface area contributed by atoms with Crippen molar-refractivity contribution in [1.82, 2.24) is 26.1 Å². The first-order valence-corrected chi connectivity index (χ1v) is 17.1. The summed E-state index contributed by atoms with van der Waals surface area (Å²) in [5.74, 6) is -2.06. The minimum atomic E-state index is -0.939. The van der Waals surface area contributed by atoms with Crippen molar-refractivity contribution in [2.24, 2.45) is 5.92 Å². The second kappa shape index (κ2) is 16.9. The van der Waals surface area contributed by atoms with Gasteiger partial charge in [0.1, 0.15) is 35.4 Å². The average molecular weight is 696 g/mol. The first kappa shape index (κ1) is 39.9. The highest BCUT2D eigenvalue weighted by Gasteiger charge is 2.34. The van der Waals surface area contributed by atoms with Gasteiger partial charge >= 0.3 is 18.0 Å². The number of alkyl carbamates (subject to hydrolysis) is 1. The summed E-state index contributed by atoms with van der Waals surface area (Å²) in [7, 11) is 0.